The van der Waals surface area contributed by atoms with Crippen LogP contribution in [-0.4, -0.2) is 16.9 Å². The molecular weight excluding hydrogens is 226 g/mol. The second kappa shape index (κ2) is 4.09. The molecule has 0 saturated carbocycles. The zero-order valence-corrected chi connectivity index (χ0v) is 8.32. The molecule has 15 heavy (non-hydrogen) atoms. The smallest absolute Gasteiger partial charge is 0.300 e. The van der Waals surface area contributed by atoms with Crippen LogP contribution in [0.15, 0.2) is 12.1 Å². The molecule has 0 heterocycles. The van der Waals surface area contributed by atoms with Crippen LogP contribution in [0.1, 0.15) is 0 Å². The van der Waals surface area contributed by atoms with Gasteiger partial charge in [0.05, 0.1) is 14.9 Å². The highest BCUT2D eigenvalue weighted by Crippen LogP contribution is 2.36. The summed E-state index contributed by atoms with van der Waals surface area (Å²) in [6.45, 7) is 0. The van der Waals surface area contributed by atoms with Crippen LogP contribution in [0.2, 0.25) is 5.02 Å². The van der Waals surface area contributed by atoms with E-state index in [2.05, 4.69) is 5.32 Å². The monoisotopic (exact) mass is 231 g/mol. The third-order valence-electron chi connectivity index (χ3n) is 1.70. The van der Waals surface area contributed by atoms with E-state index in [4.69, 9.17) is 11.6 Å². The maximum atomic E-state index is 10.6. The summed E-state index contributed by atoms with van der Waals surface area (Å²) >= 11 is 5.53. The molecule has 1 rings (SSSR count). The molecule has 0 radical (unpaired) electrons. The highest BCUT2D eigenvalue weighted by Gasteiger charge is 2.25. The summed E-state index contributed by atoms with van der Waals surface area (Å²) in [5.41, 5.74) is -0.997. The Labute approximate surface area is 89.0 Å². The van der Waals surface area contributed by atoms with Crippen LogP contribution >= 0.6 is 11.6 Å². The van der Waals surface area contributed by atoms with Crippen LogP contribution in [0.3, 0.4) is 0 Å². The Hall–Kier alpha value is -1.89. The molecule has 1 aromatic rings. The molecule has 0 spiro atoms. The fourth-order valence-corrected chi connectivity index (χ4v) is 1.33. The Morgan fingerprint density at radius 2 is 1.60 bits per heavy atom. The van der Waals surface area contributed by atoms with Crippen molar-refractivity contribution in [1.82, 2.24) is 0 Å². The first-order valence-electron chi connectivity index (χ1n) is 3.77. The second-order valence-electron chi connectivity index (χ2n) is 2.58. The van der Waals surface area contributed by atoms with Crippen molar-refractivity contribution in [2.24, 2.45) is 0 Å². The van der Waals surface area contributed by atoms with Gasteiger partial charge in [-0.25, -0.2) is 0 Å². The van der Waals surface area contributed by atoms with Crippen LogP contribution in [0.5, 0.6) is 0 Å². The Morgan fingerprint density at radius 3 is 1.87 bits per heavy atom. The lowest BCUT2D eigenvalue weighted by atomic mass is 10.2. The van der Waals surface area contributed by atoms with Crippen LogP contribution in [0, 0.1) is 20.2 Å². The maximum absolute atomic E-state index is 10.6. The SMILES string of the molecule is CNc1c([N+](=O)[O-])cc(Cl)cc1[N+](=O)[O-]. The fraction of sp³-hybridized carbons (Fsp3) is 0.143. The minimum atomic E-state index is -0.731. The normalized spacial score (nSPS) is 9.73. The van der Waals surface area contributed by atoms with Crippen LogP contribution in [0.4, 0.5) is 17.1 Å². The van der Waals surface area contributed by atoms with Gasteiger partial charge < -0.3 is 5.32 Å². The van der Waals surface area contributed by atoms with Gasteiger partial charge in [0.15, 0.2) is 5.69 Å². The Balaban J connectivity index is 3.52. The van der Waals surface area contributed by atoms with Gasteiger partial charge in [-0.15, -0.1) is 0 Å². The van der Waals surface area contributed by atoms with Gasteiger partial charge >= 0.3 is 11.4 Å². The van der Waals surface area contributed by atoms with E-state index < -0.39 is 21.2 Å². The summed E-state index contributed by atoms with van der Waals surface area (Å²) in [6, 6.07) is 2.11. The van der Waals surface area contributed by atoms with Crippen molar-refractivity contribution in [3.8, 4) is 0 Å². The average molecular weight is 232 g/mol. The van der Waals surface area contributed by atoms with Gasteiger partial charge in [-0.05, 0) is 0 Å². The average Bonchev–Trinajstić information content (AvgIpc) is 2.16. The van der Waals surface area contributed by atoms with Crippen molar-refractivity contribution in [3.05, 3.63) is 37.4 Å². The fourth-order valence-electron chi connectivity index (χ4n) is 1.12. The van der Waals surface area contributed by atoms with E-state index in [0.29, 0.717) is 0 Å². The minimum absolute atomic E-state index is 0.0487. The zero-order chi connectivity index (χ0) is 11.6. The number of halogens is 1. The molecule has 0 unspecified atom stereocenters. The van der Waals surface area contributed by atoms with Gasteiger partial charge in [0.25, 0.3) is 0 Å². The summed E-state index contributed by atoms with van der Waals surface area (Å²) in [7, 11) is 1.36. The van der Waals surface area contributed by atoms with Crippen LogP contribution in [-0.2, 0) is 0 Å². The number of nitrogens with one attached hydrogen (secondary N) is 1. The molecule has 7 nitrogen and oxygen atoms in total. The van der Waals surface area contributed by atoms with Gasteiger partial charge in [-0.3, -0.25) is 20.2 Å². The van der Waals surface area contributed by atoms with Crippen LogP contribution < -0.4 is 5.32 Å². The van der Waals surface area contributed by atoms with Gasteiger partial charge in [-0.2, -0.15) is 0 Å². The molecule has 0 aliphatic carbocycles. The first-order chi connectivity index (χ1) is 6.97. The summed E-state index contributed by atoms with van der Waals surface area (Å²) in [5.74, 6) is 0. The minimum Gasteiger partial charge on any atom is -0.377 e. The molecule has 0 aliphatic heterocycles. The summed E-state index contributed by atoms with van der Waals surface area (Å²) in [6.07, 6.45) is 0. The van der Waals surface area contributed by atoms with E-state index in [1.165, 1.54) is 7.05 Å². The van der Waals surface area contributed by atoms with Gasteiger partial charge in [0.2, 0.25) is 0 Å². The van der Waals surface area contributed by atoms with Gasteiger partial charge in [0, 0.05) is 19.2 Å². The van der Waals surface area contributed by atoms with Crippen molar-refractivity contribution in [3.63, 3.8) is 0 Å². The number of rotatable bonds is 3. The first kappa shape index (κ1) is 11.2. The molecule has 1 N–H and O–H groups in total. The van der Waals surface area contributed by atoms with Crippen molar-refractivity contribution in [2.45, 2.75) is 0 Å². The maximum Gasteiger partial charge on any atom is 0.300 e. The number of nitrogens with zero attached hydrogens (tertiary/aromatic N) is 2. The van der Waals surface area contributed by atoms with Gasteiger partial charge in [-0.1, -0.05) is 11.6 Å². The highest BCUT2D eigenvalue weighted by atomic mass is 35.5. The molecule has 8 heteroatoms. The van der Waals surface area contributed by atoms with E-state index in [1.54, 1.807) is 0 Å². The first-order valence-corrected chi connectivity index (χ1v) is 4.15. The van der Waals surface area contributed by atoms with Crippen molar-refractivity contribution in [1.29, 1.82) is 0 Å². The molecule has 0 amide bonds. The number of benzene rings is 1. The third-order valence-corrected chi connectivity index (χ3v) is 1.92. The Bertz CT molecular complexity index is 399. The zero-order valence-electron chi connectivity index (χ0n) is 7.56. The molecule has 0 fully saturated rings. The lowest BCUT2D eigenvalue weighted by Gasteiger charge is -2.03. The molecule has 0 atom stereocenters. The molecule has 80 valence electrons. The standard InChI is InChI=1S/C7H6ClN3O4/c1-9-7-5(10(12)13)2-4(8)3-6(7)11(14)15/h2-3,9H,1H3. The molecule has 1 aromatic carbocycles. The topological polar surface area (TPSA) is 98.3 Å². The Morgan fingerprint density at radius 1 is 1.20 bits per heavy atom. The number of hydrogen-bond donors (Lipinski definition) is 1. The van der Waals surface area contributed by atoms with Crippen molar-refractivity contribution >= 4 is 28.7 Å². The predicted molar refractivity (Wildman–Crippen MR) is 54.3 cm³/mol. The molecule has 0 saturated heterocycles. The molecule has 0 aliphatic rings. The van der Waals surface area contributed by atoms with E-state index >= 15 is 0 Å². The second-order valence-corrected chi connectivity index (χ2v) is 3.02. The number of anilines is 1. The van der Waals surface area contributed by atoms with Crippen LogP contribution in [0.25, 0.3) is 0 Å². The van der Waals surface area contributed by atoms with E-state index in [9.17, 15) is 20.2 Å². The van der Waals surface area contributed by atoms with E-state index in [1.807, 2.05) is 0 Å². The summed E-state index contributed by atoms with van der Waals surface area (Å²) in [5, 5.41) is 23.5. The number of hydrogen-bond acceptors (Lipinski definition) is 5. The molecule has 0 bridgehead atoms. The summed E-state index contributed by atoms with van der Waals surface area (Å²) < 4.78 is 0. The van der Waals surface area contributed by atoms with Crippen molar-refractivity contribution < 1.29 is 9.85 Å². The predicted octanol–water partition coefficient (Wildman–Crippen LogP) is 2.20. The summed E-state index contributed by atoms with van der Waals surface area (Å²) in [4.78, 5) is 19.7. The number of nitro groups is 2. The lowest BCUT2D eigenvalue weighted by Crippen LogP contribution is -2.01. The van der Waals surface area contributed by atoms with Crippen molar-refractivity contribution in [2.75, 3.05) is 12.4 Å². The third kappa shape index (κ3) is 2.13. The van der Waals surface area contributed by atoms with E-state index in [0.717, 1.165) is 12.1 Å². The Kier molecular flexibility index (Phi) is 3.05. The van der Waals surface area contributed by atoms with Gasteiger partial charge in [0.1, 0.15) is 0 Å². The molecule has 0 aromatic heterocycles. The number of nitro benzene ring substituents is 2. The van der Waals surface area contributed by atoms with E-state index in [-0.39, 0.29) is 10.7 Å². The quantitative estimate of drug-likeness (QED) is 0.635. The highest BCUT2D eigenvalue weighted by molar-refractivity contribution is 6.31. The lowest BCUT2D eigenvalue weighted by molar-refractivity contribution is -0.392. The molecular formula is C7H6ClN3O4. The largest absolute Gasteiger partial charge is 0.377 e.